The summed E-state index contributed by atoms with van der Waals surface area (Å²) >= 11 is 7.35. The Bertz CT molecular complexity index is 1990. The molecule has 3 aromatic carbocycles. The van der Waals surface area contributed by atoms with E-state index in [9.17, 15) is 0 Å². The highest BCUT2D eigenvalue weighted by Gasteiger charge is 2.20. The average Bonchev–Trinajstić information content (AvgIpc) is 3.69. The number of hydrogen-bond donors (Lipinski definition) is 1. The van der Waals surface area contributed by atoms with Gasteiger partial charge < -0.3 is 4.42 Å². The first-order chi connectivity index (χ1) is 19.1. The predicted molar refractivity (Wildman–Crippen MR) is 152 cm³/mol. The third kappa shape index (κ3) is 4.35. The monoisotopic (exact) mass is 550 g/mol. The maximum Gasteiger partial charge on any atom is 0.235 e. The highest BCUT2D eigenvalue weighted by molar-refractivity contribution is 7.14. The van der Waals surface area contributed by atoms with Crippen LogP contribution in [0, 0.1) is 6.92 Å². The molecule has 0 spiro atoms. The third-order valence-corrected chi connectivity index (χ3v) is 7.38. The first kappa shape index (κ1) is 23.3. The van der Waals surface area contributed by atoms with E-state index in [0.717, 1.165) is 33.7 Å². The molecule has 0 atom stereocenters. The Kier molecular flexibility index (Phi) is 5.68. The van der Waals surface area contributed by atoms with Crippen LogP contribution in [0.25, 0.3) is 44.6 Å². The molecule has 0 aliphatic heterocycles. The van der Waals surface area contributed by atoms with Gasteiger partial charge in [0.05, 0.1) is 17.1 Å². The summed E-state index contributed by atoms with van der Waals surface area (Å²) in [6.07, 6.45) is 0. The van der Waals surface area contributed by atoms with Crippen LogP contribution in [0.3, 0.4) is 0 Å². The number of hydrogen-bond acceptors (Lipinski definition) is 8. The van der Waals surface area contributed by atoms with Crippen molar-refractivity contribution in [2.24, 2.45) is 5.10 Å². The minimum Gasteiger partial charge on any atom is -0.454 e. The number of aromatic nitrogens is 6. The van der Waals surface area contributed by atoms with Gasteiger partial charge >= 0.3 is 0 Å². The predicted octanol–water partition coefficient (Wildman–Crippen LogP) is 6.34. The van der Waals surface area contributed by atoms with E-state index in [1.165, 1.54) is 11.3 Å². The summed E-state index contributed by atoms with van der Waals surface area (Å²) in [6, 6.07) is 29.1. The van der Waals surface area contributed by atoms with E-state index in [2.05, 4.69) is 20.7 Å². The zero-order valence-corrected chi connectivity index (χ0v) is 22.1. The zero-order chi connectivity index (χ0) is 26.3. The van der Waals surface area contributed by atoms with E-state index in [0.29, 0.717) is 31.9 Å². The number of aryl methyl sites for hydroxylation is 1. The van der Waals surface area contributed by atoms with Crippen molar-refractivity contribution in [2.75, 3.05) is 5.43 Å². The Morgan fingerprint density at radius 3 is 2.51 bits per heavy atom. The van der Waals surface area contributed by atoms with Gasteiger partial charge in [-0.05, 0) is 61.5 Å². The second-order valence-corrected chi connectivity index (χ2v) is 10.1. The number of nitrogens with one attached hydrogen (secondary N) is 1. The van der Waals surface area contributed by atoms with Crippen LogP contribution in [0.2, 0.25) is 5.02 Å². The lowest BCUT2D eigenvalue weighted by molar-refractivity contribution is 0.624. The first-order valence-corrected chi connectivity index (χ1v) is 13.3. The van der Waals surface area contributed by atoms with Crippen molar-refractivity contribution in [1.82, 2.24) is 29.6 Å². The quantitative estimate of drug-likeness (QED) is 0.251. The molecule has 0 bridgehead atoms. The number of para-hydroxylation sites is 2. The lowest BCUT2D eigenvalue weighted by Gasteiger charge is -2.04. The molecule has 7 rings (SSSR count). The van der Waals surface area contributed by atoms with E-state index in [1.54, 1.807) is 16.6 Å². The number of nitrogens with zero attached hydrogens (tertiary/aromatic N) is 7. The highest BCUT2D eigenvalue weighted by atomic mass is 35.5. The lowest BCUT2D eigenvalue weighted by atomic mass is 10.2. The van der Waals surface area contributed by atoms with Crippen LogP contribution in [0.15, 0.2) is 101 Å². The Hall–Kier alpha value is -4.80. The van der Waals surface area contributed by atoms with E-state index in [1.807, 2.05) is 90.5 Å². The Labute approximate surface area is 230 Å². The SMILES string of the molecule is Cc1nn2c(-c3cc(-c4cc5ccccc5o4)n(-c4ccccc4)n3)nnc2sc1=NNc1ccc(Cl)cc1. The van der Waals surface area contributed by atoms with Gasteiger partial charge in [0.25, 0.3) is 0 Å². The number of anilines is 1. The van der Waals surface area contributed by atoms with Crippen molar-refractivity contribution < 1.29 is 4.42 Å². The van der Waals surface area contributed by atoms with E-state index in [4.69, 9.17) is 26.2 Å². The molecule has 0 saturated carbocycles. The molecule has 0 aliphatic carbocycles. The van der Waals surface area contributed by atoms with E-state index < -0.39 is 0 Å². The summed E-state index contributed by atoms with van der Waals surface area (Å²) < 4.78 is 10.4. The molecule has 0 radical (unpaired) electrons. The van der Waals surface area contributed by atoms with Crippen molar-refractivity contribution in [3.8, 4) is 28.7 Å². The Morgan fingerprint density at radius 2 is 1.69 bits per heavy atom. The smallest absolute Gasteiger partial charge is 0.235 e. The maximum absolute atomic E-state index is 6.20. The van der Waals surface area contributed by atoms with Gasteiger partial charge in [-0.25, -0.2) is 4.68 Å². The van der Waals surface area contributed by atoms with Crippen molar-refractivity contribution in [1.29, 1.82) is 0 Å². The van der Waals surface area contributed by atoms with E-state index in [-0.39, 0.29) is 0 Å². The Balaban J connectivity index is 1.32. The van der Waals surface area contributed by atoms with Crippen LogP contribution in [-0.4, -0.2) is 29.6 Å². The molecule has 4 aromatic heterocycles. The minimum absolute atomic E-state index is 0.522. The van der Waals surface area contributed by atoms with Gasteiger partial charge in [0.2, 0.25) is 10.8 Å². The molecule has 11 heteroatoms. The standard InChI is InChI=1S/C28H19ClN8OS/c1-17-27(32-30-20-13-11-19(29)12-14-20)39-28-33-31-26(37(28)34-17)22-16-23(36(35-22)21-8-3-2-4-9-21)25-15-18-7-5-6-10-24(18)38-25/h2-16,30H,1H3. The molecule has 1 N–H and O–H groups in total. The summed E-state index contributed by atoms with van der Waals surface area (Å²) in [5.41, 5.74) is 7.70. The fraction of sp³-hybridized carbons (Fsp3) is 0.0357. The number of benzene rings is 3. The van der Waals surface area contributed by atoms with Crippen LogP contribution in [0.1, 0.15) is 5.69 Å². The summed E-state index contributed by atoms with van der Waals surface area (Å²) in [4.78, 5) is 0.590. The number of rotatable bonds is 5. The molecule has 39 heavy (non-hydrogen) atoms. The van der Waals surface area contributed by atoms with Crippen molar-refractivity contribution in [3.63, 3.8) is 0 Å². The van der Waals surface area contributed by atoms with Gasteiger partial charge in [-0.3, -0.25) is 5.43 Å². The van der Waals surface area contributed by atoms with Crippen LogP contribution in [0.4, 0.5) is 5.69 Å². The van der Waals surface area contributed by atoms with Gasteiger partial charge in [-0.15, -0.1) is 10.2 Å². The first-order valence-electron chi connectivity index (χ1n) is 12.1. The fourth-order valence-electron chi connectivity index (χ4n) is 4.22. The van der Waals surface area contributed by atoms with Gasteiger partial charge in [0.15, 0.2) is 10.4 Å². The lowest BCUT2D eigenvalue weighted by Crippen LogP contribution is -2.12. The third-order valence-electron chi connectivity index (χ3n) is 6.11. The molecule has 0 saturated heterocycles. The minimum atomic E-state index is 0.522. The summed E-state index contributed by atoms with van der Waals surface area (Å²) in [5.74, 6) is 1.22. The molecule has 9 nitrogen and oxygen atoms in total. The van der Waals surface area contributed by atoms with Crippen molar-refractivity contribution in [3.05, 3.63) is 106 Å². The highest BCUT2D eigenvalue weighted by Crippen LogP contribution is 2.32. The largest absolute Gasteiger partial charge is 0.454 e. The molecule has 7 aromatic rings. The Morgan fingerprint density at radius 1 is 0.897 bits per heavy atom. The van der Waals surface area contributed by atoms with Crippen LogP contribution >= 0.6 is 22.9 Å². The van der Waals surface area contributed by atoms with Crippen LogP contribution in [-0.2, 0) is 0 Å². The van der Waals surface area contributed by atoms with Crippen LogP contribution in [0.5, 0.6) is 0 Å². The van der Waals surface area contributed by atoms with Crippen molar-refractivity contribution >= 4 is 44.6 Å². The molecule has 0 amide bonds. The van der Waals surface area contributed by atoms with Gasteiger partial charge in [-0.1, -0.05) is 59.3 Å². The topological polar surface area (TPSA) is 98.4 Å². The van der Waals surface area contributed by atoms with Crippen LogP contribution < -0.4 is 10.1 Å². The van der Waals surface area contributed by atoms with Gasteiger partial charge in [0, 0.05) is 10.4 Å². The van der Waals surface area contributed by atoms with Gasteiger partial charge in [0.1, 0.15) is 17.0 Å². The molecule has 0 unspecified atom stereocenters. The van der Waals surface area contributed by atoms with E-state index >= 15 is 0 Å². The molecular weight excluding hydrogens is 532 g/mol. The summed E-state index contributed by atoms with van der Waals surface area (Å²) in [7, 11) is 0. The fourth-order valence-corrected chi connectivity index (χ4v) is 5.09. The second-order valence-electron chi connectivity index (χ2n) is 8.75. The summed E-state index contributed by atoms with van der Waals surface area (Å²) in [5, 5.41) is 24.6. The normalized spacial score (nSPS) is 12.0. The molecule has 0 fully saturated rings. The number of halogens is 1. The number of furan rings is 1. The summed E-state index contributed by atoms with van der Waals surface area (Å²) in [6.45, 7) is 1.89. The second kappa shape index (κ2) is 9.50. The molecular formula is C28H19ClN8OS. The van der Waals surface area contributed by atoms with Crippen molar-refractivity contribution in [2.45, 2.75) is 6.92 Å². The molecule has 190 valence electrons. The zero-order valence-electron chi connectivity index (χ0n) is 20.5. The number of fused-ring (bicyclic) bond motifs is 2. The average molecular weight is 551 g/mol. The van der Waals surface area contributed by atoms with Gasteiger partial charge in [-0.2, -0.15) is 19.8 Å². The molecule has 0 aliphatic rings. The maximum atomic E-state index is 6.20. The molecule has 4 heterocycles.